The van der Waals surface area contributed by atoms with Gasteiger partial charge in [-0.05, 0) is 41.8 Å². The molecular formula is C20H18NO2+. The SMILES string of the molecule is COc1ccc(C(=O)[n+]2ccc(Cc3ccccc3)cc2)cc1. The lowest BCUT2D eigenvalue weighted by molar-refractivity contribution is -0.570. The number of carbonyl (C=O) groups excluding carboxylic acids is 1. The van der Waals surface area contributed by atoms with E-state index in [1.54, 1.807) is 35.9 Å². The minimum absolute atomic E-state index is 0.0566. The van der Waals surface area contributed by atoms with Gasteiger partial charge in [-0.25, -0.2) is 4.79 Å². The second-order valence-electron chi connectivity index (χ2n) is 5.31. The molecule has 0 aliphatic rings. The molecule has 1 aromatic heterocycles. The topological polar surface area (TPSA) is 30.2 Å². The van der Waals surface area contributed by atoms with Gasteiger partial charge in [-0.15, -0.1) is 4.57 Å². The lowest BCUT2D eigenvalue weighted by Gasteiger charge is -2.02. The van der Waals surface area contributed by atoms with E-state index in [4.69, 9.17) is 4.74 Å². The second-order valence-corrected chi connectivity index (χ2v) is 5.31. The van der Waals surface area contributed by atoms with E-state index in [0.717, 1.165) is 12.2 Å². The van der Waals surface area contributed by atoms with E-state index in [9.17, 15) is 4.79 Å². The zero-order chi connectivity index (χ0) is 16.1. The summed E-state index contributed by atoms with van der Waals surface area (Å²) in [4.78, 5) is 12.4. The van der Waals surface area contributed by atoms with E-state index in [0.29, 0.717) is 5.56 Å². The van der Waals surface area contributed by atoms with Gasteiger partial charge < -0.3 is 4.74 Å². The van der Waals surface area contributed by atoms with E-state index >= 15 is 0 Å². The Balaban J connectivity index is 1.74. The van der Waals surface area contributed by atoms with Crippen molar-refractivity contribution in [2.45, 2.75) is 6.42 Å². The summed E-state index contributed by atoms with van der Waals surface area (Å²) >= 11 is 0. The van der Waals surface area contributed by atoms with Crippen molar-refractivity contribution in [3.8, 4) is 5.75 Å². The number of rotatable bonds is 4. The normalized spacial score (nSPS) is 10.3. The Bertz CT molecular complexity index is 778. The van der Waals surface area contributed by atoms with E-state index in [2.05, 4.69) is 12.1 Å². The first-order valence-corrected chi connectivity index (χ1v) is 7.49. The van der Waals surface area contributed by atoms with Crippen LogP contribution in [0.15, 0.2) is 79.1 Å². The van der Waals surface area contributed by atoms with Crippen molar-refractivity contribution in [3.63, 3.8) is 0 Å². The van der Waals surface area contributed by atoms with E-state index < -0.39 is 0 Å². The molecule has 23 heavy (non-hydrogen) atoms. The van der Waals surface area contributed by atoms with Crippen molar-refractivity contribution < 1.29 is 14.1 Å². The number of hydrogen-bond acceptors (Lipinski definition) is 2. The molecule has 0 unspecified atom stereocenters. The number of hydrogen-bond donors (Lipinski definition) is 0. The summed E-state index contributed by atoms with van der Waals surface area (Å²) < 4.78 is 6.70. The van der Waals surface area contributed by atoms with Gasteiger partial charge in [0, 0.05) is 12.1 Å². The van der Waals surface area contributed by atoms with Gasteiger partial charge in [-0.1, -0.05) is 30.3 Å². The Morgan fingerprint density at radius 2 is 1.48 bits per heavy atom. The van der Waals surface area contributed by atoms with Crippen molar-refractivity contribution in [2.24, 2.45) is 0 Å². The van der Waals surface area contributed by atoms with Gasteiger partial charge in [0.15, 0.2) is 12.4 Å². The summed E-state index contributed by atoms with van der Waals surface area (Å²) in [6.07, 6.45) is 4.48. The highest BCUT2D eigenvalue weighted by molar-refractivity contribution is 5.87. The fourth-order valence-electron chi connectivity index (χ4n) is 2.42. The largest absolute Gasteiger partial charge is 0.497 e. The van der Waals surface area contributed by atoms with Gasteiger partial charge in [-0.3, -0.25) is 0 Å². The monoisotopic (exact) mass is 304 g/mol. The molecule has 0 saturated carbocycles. The summed E-state index contributed by atoms with van der Waals surface area (Å²) in [5, 5.41) is 0. The number of methoxy groups -OCH3 is 1. The molecule has 2 aromatic carbocycles. The maximum Gasteiger partial charge on any atom is 0.424 e. The summed E-state index contributed by atoms with van der Waals surface area (Å²) in [5.41, 5.74) is 3.06. The minimum Gasteiger partial charge on any atom is -0.497 e. The predicted molar refractivity (Wildman–Crippen MR) is 88.6 cm³/mol. The van der Waals surface area contributed by atoms with Crippen LogP contribution in [0.2, 0.25) is 0 Å². The Hall–Kier alpha value is -2.94. The van der Waals surface area contributed by atoms with E-state index in [1.165, 1.54) is 11.1 Å². The fraction of sp³-hybridized carbons (Fsp3) is 0.100. The van der Waals surface area contributed by atoms with Crippen LogP contribution < -0.4 is 9.30 Å². The van der Waals surface area contributed by atoms with Crippen molar-refractivity contribution in [3.05, 3.63) is 95.8 Å². The van der Waals surface area contributed by atoms with Crippen LogP contribution in [-0.4, -0.2) is 13.0 Å². The Kier molecular flexibility index (Phi) is 4.48. The minimum atomic E-state index is -0.0566. The highest BCUT2D eigenvalue weighted by atomic mass is 16.5. The number of ether oxygens (including phenoxy) is 1. The van der Waals surface area contributed by atoms with Gasteiger partial charge in [-0.2, -0.15) is 0 Å². The number of nitrogens with zero attached hydrogens (tertiary/aromatic N) is 1. The summed E-state index contributed by atoms with van der Waals surface area (Å²) in [6.45, 7) is 0. The van der Waals surface area contributed by atoms with Crippen molar-refractivity contribution in [1.29, 1.82) is 0 Å². The molecule has 0 aliphatic heterocycles. The smallest absolute Gasteiger partial charge is 0.424 e. The predicted octanol–water partition coefficient (Wildman–Crippen LogP) is 3.26. The van der Waals surface area contributed by atoms with Gasteiger partial charge in [0.2, 0.25) is 0 Å². The molecule has 0 saturated heterocycles. The molecule has 0 amide bonds. The van der Waals surface area contributed by atoms with Crippen LogP contribution in [-0.2, 0) is 6.42 Å². The maximum atomic E-state index is 12.4. The molecule has 0 fully saturated rings. The number of aromatic nitrogens is 1. The van der Waals surface area contributed by atoms with Crippen LogP contribution >= 0.6 is 0 Å². The van der Waals surface area contributed by atoms with Crippen molar-refractivity contribution >= 4 is 5.91 Å². The average molecular weight is 304 g/mol. The molecule has 3 nitrogen and oxygen atoms in total. The van der Waals surface area contributed by atoms with Crippen LogP contribution in [0.1, 0.15) is 21.5 Å². The van der Waals surface area contributed by atoms with Gasteiger partial charge in [0.05, 0.1) is 12.7 Å². The third-order valence-corrected chi connectivity index (χ3v) is 3.72. The third-order valence-electron chi connectivity index (χ3n) is 3.72. The Labute approximate surface area is 135 Å². The van der Waals surface area contributed by atoms with Gasteiger partial charge in [0.1, 0.15) is 5.75 Å². The molecule has 0 spiro atoms. The van der Waals surface area contributed by atoms with Gasteiger partial charge in [0.25, 0.3) is 0 Å². The van der Waals surface area contributed by atoms with Crippen molar-refractivity contribution in [2.75, 3.05) is 7.11 Å². The molecule has 3 rings (SSSR count). The standard InChI is InChI=1S/C20H18NO2/c1-23-19-9-7-18(8-10-19)20(22)21-13-11-17(12-14-21)15-16-5-3-2-4-6-16/h2-14H,15H2,1H3/q+1. The average Bonchev–Trinajstić information content (AvgIpc) is 2.63. The van der Waals surface area contributed by atoms with Crippen LogP contribution in [0.4, 0.5) is 0 Å². The fourth-order valence-corrected chi connectivity index (χ4v) is 2.42. The summed E-state index contributed by atoms with van der Waals surface area (Å²) in [7, 11) is 1.61. The zero-order valence-electron chi connectivity index (χ0n) is 13.0. The second kappa shape index (κ2) is 6.88. The molecule has 0 bridgehead atoms. The highest BCUT2D eigenvalue weighted by Crippen LogP contribution is 2.11. The molecular weight excluding hydrogens is 286 g/mol. The van der Waals surface area contributed by atoms with Crippen LogP contribution in [0.25, 0.3) is 0 Å². The summed E-state index contributed by atoms with van der Waals surface area (Å²) in [5.74, 6) is 0.684. The first kappa shape index (κ1) is 15.0. The Morgan fingerprint density at radius 1 is 0.870 bits per heavy atom. The zero-order valence-corrected chi connectivity index (χ0v) is 13.0. The highest BCUT2D eigenvalue weighted by Gasteiger charge is 2.16. The third kappa shape index (κ3) is 3.64. The molecule has 0 N–H and O–H groups in total. The van der Waals surface area contributed by atoms with Crippen molar-refractivity contribution in [1.82, 2.24) is 0 Å². The molecule has 3 aromatic rings. The number of pyridine rings is 1. The van der Waals surface area contributed by atoms with Crippen LogP contribution in [0.3, 0.4) is 0 Å². The number of carbonyl (C=O) groups is 1. The first-order chi connectivity index (χ1) is 11.3. The quantitative estimate of drug-likeness (QED) is 0.693. The maximum absolute atomic E-state index is 12.4. The molecule has 3 heteroatoms. The van der Waals surface area contributed by atoms with E-state index in [-0.39, 0.29) is 5.91 Å². The lowest BCUT2D eigenvalue weighted by Crippen LogP contribution is -2.42. The number of benzene rings is 2. The van der Waals surface area contributed by atoms with Crippen LogP contribution in [0.5, 0.6) is 5.75 Å². The molecule has 114 valence electrons. The summed E-state index contributed by atoms with van der Waals surface area (Å²) in [6, 6.07) is 21.4. The van der Waals surface area contributed by atoms with E-state index in [1.807, 2.05) is 42.7 Å². The Morgan fingerprint density at radius 3 is 2.09 bits per heavy atom. The van der Waals surface area contributed by atoms with Gasteiger partial charge >= 0.3 is 5.91 Å². The molecule has 0 atom stereocenters. The molecule has 0 aliphatic carbocycles. The lowest BCUT2D eigenvalue weighted by atomic mass is 10.1. The van der Waals surface area contributed by atoms with Crippen LogP contribution in [0, 0.1) is 0 Å². The molecule has 0 radical (unpaired) electrons. The first-order valence-electron chi connectivity index (χ1n) is 7.49. The molecule has 1 heterocycles.